The van der Waals surface area contributed by atoms with Crippen LogP contribution in [0.15, 0.2) is 54.6 Å². The van der Waals surface area contributed by atoms with Crippen LogP contribution in [0.3, 0.4) is 0 Å². The van der Waals surface area contributed by atoms with E-state index in [9.17, 15) is 22.4 Å². The van der Waals surface area contributed by atoms with Gasteiger partial charge in [0.2, 0.25) is 5.91 Å². The lowest BCUT2D eigenvalue weighted by molar-refractivity contribution is -0.141. The lowest BCUT2D eigenvalue weighted by Gasteiger charge is -2.13. The first-order valence-electron chi connectivity index (χ1n) is 8.60. The van der Waals surface area contributed by atoms with Gasteiger partial charge in [-0.1, -0.05) is 29.8 Å². The van der Waals surface area contributed by atoms with Gasteiger partial charge in [-0.15, -0.1) is 0 Å². The smallest absolute Gasteiger partial charge is 0.350 e. The molecule has 0 radical (unpaired) electrons. The van der Waals surface area contributed by atoms with Crippen molar-refractivity contribution in [3.63, 3.8) is 0 Å². The first-order valence-corrected chi connectivity index (χ1v) is 8.98. The van der Waals surface area contributed by atoms with E-state index < -0.39 is 29.5 Å². The highest BCUT2D eigenvalue weighted by Crippen LogP contribution is 2.30. The summed E-state index contributed by atoms with van der Waals surface area (Å²) in [5.41, 5.74) is -0.0142. The van der Waals surface area contributed by atoms with Crippen LogP contribution in [-0.4, -0.2) is 15.7 Å². The predicted octanol–water partition coefficient (Wildman–Crippen LogP) is 5.10. The summed E-state index contributed by atoms with van der Waals surface area (Å²) in [5.74, 6) is -1.45. The van der Waals surface area contributed by atoms with Crippen molar-refractivity contribution in [3.8, 4) is 5.69 Å². The summed E-state index contributed by atoms with van der Waals surface area (Å²) >= 11 is 5.93. The molecule has 0 saturated carbocycles. The molecule has 0 aliphatic carbocycles. The molecule has 0 bridgehead atoms. The van der Waals surface area contributed by atoms with Gasteiger partial charge in [0.05, 0.1) is 23.8 Å². The lowest BCUT2D eigenvalue weighted by Crippen LogP contribution is -2.28. The zero-order valence-corrected chi connectivity index (χ0v) is 15.9. The number of benzene rings is 2. The molecule has 0 fully saturated rings. The van der Waals surface area contributed by atoms with Crippen molar-refractivity contribution in [1.29, 1.82) is 0 Å². The minimum absolute atomic E-state index is 0.138. The highest BCUT2D eigenvalue weighted by atomic mass is 35.5. The van der Waals surface area contributed by atoms with E-state index in [4.69, 9.17) is 11.6 Å². The van der Waals surface area contributed by atoms with Crippen molar-refractivity contribution < 1.29 is 22.4 Å². The summed E-state index contributed by atoms with van der Waals surface area (Å²) < 4.78 is 53.5. The number of hydrogen-bond acceptors (Lipinski definition) is 2. The molecule has 1 amide bonds. The second kappa shape index (κ2) is 8.24. The molecular weight excluding hydrogens is 410 g/mol. The largest absolute Gasteiger partial charge is 0.435 e. The number of hydrogen-bond donors (Lipinski definition) is 1. The van der Waals surface area contributed by atoms with Gasteiger partial charge in [0, 0.05) is 5.02 Å². The van der Waals surface area contributed by atoms with Crippen LogP contribution in [0, 0.1) is 5.82 Å². The Bertz CT molecular complexity index is 1020. The van der Waals surface area contributed by atoms with E-state index in [0.29, 0.717) is 16.3 Å². The van der Waals surface area contributed by atoms with E-state index in [1.165, 1.54) is 30.3 Å². The number of nitrogens with zero attached hydrogens (tertiary/aromatic N) is 2. The third-order valence-corrected chi connectivity index (χ3v) is 4.57. The number of alkyl halides is 3. The summed E-state index contributed by atoms with van der Waals surface area (Å²) in [4.78, 5) is 12.4. The van der Waals surface area contributed by atoms with Crippen molar-refractivity contribution in [3.05, 3.63) is 82.4 Å². The Balaban J connectivity index is 1.83. The minimum atomic E-state index is -4.63. The Hall–Kier alpha value is -2.87. The Labute approximate surface area is 169 Å². The second-order valence-corrected chi connectivity index (χ2v) is 6.84. The topological polar surface area (TPSA) is 46.9 Å². The van der Waals surface area contributed by atoms with Crippen LogP contribution in [-0.2, 0) is 17.5 Å². The third kappa shape index (κ3) is 4.95. The zero-order chi connectivity index (χ0) is 21.2. The van der Waals surface area contributed by atoms with Crippen LogP contribution >= 0.6 is 11.6 Å². The molecule has 1 heterocycles. The van der Waals surface area contributed by atoms with Crippen molar-refractivity contribution in [2.45, 2.75) is 25.6 Å². The van der Waals surface area contributed by atoms with E-state index in [1.54, 1.807) is 25.1 Å². The molecule has 2 aromatic carbocycles. The standard InChI is InChI=1S/C20H16ClF4N3O/c1-12(13-5-7-15(22)8-6-13)19(29)26-11-17-10-18(20(23,24)25)27-28(17)16-4-2-3-14(21)9-16/h2-10,12H,11H2,1H3,(H,26,29). The molecule has 1 N–H and O–H groups in total. The first kappa shape index (κ1) is 20.9. The maximum atomic E-state index is 13.1. The number of carbonyl (C=O) groups excluding carboxylic acids is 1. The maximum Gasteiger partial charge on any atom is 0.435 e. The number of aromatic nitrogens is 2. The number of rotatable bonds is 5. The molecule has 0 saturated heterocycles. The van der Waals surface area contributed by atoms with Crippen LogP contribution in [0.2, 0.25) is 5.02 Å². The molecule has 0 aliphatic rings. The summed E-state index contributed by atoms with van der Waals surface area (Å²) in [7, 11) is 0. The number of carbonyl (C=O) groups is 1. The third-order valence-electron chi connectivity index (χ3n) is 4.33. The van der Waals surface area contributed by atoms with Gasteiger partial charge < -0.3 is 5.32 Å². The number of amides is 1. The molecule has 1 unspecified atom stereocenters. The summed E-state index contributed by atoms with van der Waals surface area (Å²) in [6.07, 6.45) is -4.63. The maximum absolute atomic E-state index is 13.1. The van der Waals surface area contributed by atoms with Crippen LogP contribution in [0.1, 0.15) is 29.8 Å². The van der Waals surface area contributed by atoms with Crippen LogP contribution in [0.25, 0.3) is 5.69 Å². The Morgan fingerprint density at radius 1 is 1.17 bits per heavy atom. The van der Waals surface area contributed by atoms with Gasteiger partial charge in [-0.05, 0) is 48.9 Å². The molecule has 152 valence electrons. The molecule has 9 heteroatoms. The molecule has 3 rings (SSSR count). The summed E-state index contributed by atoms with van der Waals surface area (Å²) in [6.45, 7) is 1.44. The number of halogens is 5. The minimum Gasteiger partial charge on any atom is -0.350 e. The summed E-state index contributed by atoms with van der Waals surface area (Å²) in [6, 6.07) is 12.5. The van der Waals surface area contributed by atoms with Gasteiger partial charge in [0.25, 0.3) is 0 Å². The van der Waals surface area contributed by atoms with Gasteiger partial charge >= 0.3 is 6.18 Å². The number of nitrogens with one attached hydrogen (secondary N) is 1. The molecule has 0 spiro atoms. The van der Waals surface area contributed by atoms with Crippen LogP contribution < -0.4 is 5.32 Å². The van der Waals surface area contributed by atoms with Crippen LogP contribution in [0.4, 0.5) is 17.6 Å². The molecule has 1 aromatic heterocycles. The quantitative estimate of drug-likeness (QED) is 0.578. The van der Waals surface area contributed by atoms with E-state index >= 15 is 0 Å². The average Bonchev–Trinajstić information content (AvgIpc) is 3.11. The monoisotopic (exact) mass is 425 g/mol. The molecule has 4 nitrogen and oxygen atoms in total. The first-order chi connectivity index (χ1) is 13.6. The predicted molar refractivity (Wildman–Crippen MR) is 100 cm³/mol. The average molecular weight is 426 g/mol. The van der Waals surface area contributed by atoms with E-state index in [-0.39, 0.29) is 12.2 Å². The van der Waals surface area contributed by atoms with E-state index in [1.807, 2.05) is 0 Å². The summed E-state index contributed by atoms with van der Waals surface area (Å²) in [5, 5.41) is 6.57. The van der Waals surface area contributed by atoms with Crippen molar-refractivity contribution in [2.75, 3.05) is 0 Å². The molecular formula is C20H16ClF4N3O. The molecule has 0 aliphatic heterocycles. The molecule has 29 heavy (non-hydrogen) atoms. The van der Waals surface area contributed by atoms with Gasteiger partial charge in [0.1, 0.15) is 5.82 Å². The van der Waals surface area contributed by atoms with Crippen LogP contribution in [0.5, 0.6) is 0 Å². The van der Waals surface area contributed by atoms with E-state index in [2.05, 4.69) is 10.4 Å². The highest BCUT2D eigenvalue weighted by Gasteiger charge is 2.35. The highest BCUT2D eigenvalue weighted by molar-refractivity contribution is 6.30. The molecule has 1 atom stereocenters. The lowest BCUT2D eigenvalue weighted by atomic mass is 10.0. The fraction of sp³-hybridized carbons (Fsp3) is 0.200. The van der Waals surface area contributed by atoms with E-state index in [0.717, 1.165) is 10.7 Å². The van der Waals surface area contributed by atoms with Crippen molar-refractivity contribution in [2.24, 2.45) is 0 Å². The normalized spacial score (nSPS) is 12.6. The van der Waals surface area contributed by atoms with Gasteiger partial charge in [0.15, 0.2) is 5.69 Å². The SMILES string of the molecule is CC(C(=O)NCc1cc(C(F)(F)F)nn1-c1cccc(Cl)c1)c1ccc(F)cc1. The van der Waals surface area contributed by atoms with Gasteiger partial charge in [-0.2, -0.15) is 18.3 Å². The molecule has 3 aromatic rings. The van der Waals surface area contributed by atoms with Gasteiger partial charge in [-0.3, -0.25) is 4.79 Å². The second-order valence-electron chi connectivity index (χ2n) is 6.40. The zero-order valence-electron chi connectivity index (χ0n) is 15.2. The Morgan fingerprint density at radius 2 is 1.86 bits per heavy atom. The van der Waals surface area contributed by atoms with Crippen molar-refractivity contribution in [1.82, 2.24) is 15.1 Å². The Morgan fingerprint density at radius 3 is 2.48 bits per heavy atom. The fourth-order valence-corrected chi connectivity index (χ4v) is 2.93. The Kier molecular flexibility index (Phi) is 5.93. The van der Waals surface area contributed by atoms with Crippen molar-refractivity contribution >= 4 is 17.5 Å². The van der Waals surface area contributed by atoms with Gasteiger partial charge in [-0.25, -0.2) is 9.07 Å². The fourth-order valence-electron chi connectivity index (χ4n) is 2.75.